The highest BCUT2D eigenvalue weighted by Gasteiger charge is 2.33. The minimum atomic E-state index is 0.110. The van der Waals surface area contributed by atoms with E-state index in [1.807, 2.05) is 35.8 Å². The van der Waals surface area contributed by atoms with Crippen LogP contribution >= 0.6 is 11.3 Å². The Balaban J connectivity index is 1.83. The standard InChI is InChI=1S/C16H23N5OS/c1-4-12-14(23-11-18-12)16(22)21-9-8-20(5-2)13(10-21)15-17-6-7-19(15)3/h6-7,11,13H,4-5,8-10H2,1-3H3. The van der Waals surface area contributed by atoms with Crippen LogP contribution in [0.3, 0.4) is 0 Å². The van der Waals surface area contributed by atoms with Gasteiger partial charge in [-0.25, -0.2) is 9.97 Å². The molecule has 7 heteroatoms. The van der Waals surface area contributed by atoms with E-state index in [1.54, 1.807) is 5.51 Å². The van der Waals surface area contributed by atoms with Gasteiger partial charge in [0.2, 0.25) is 0 Å². The number of likely N-dealkylation sites (N-methyl/N-ethyl adjacent to an activating group) is 1. The zero-order valence-electron chi connectivity index (χ0n) is 13.9. The monoisotopic (exact) mass is 333 g/mol. The second kappa shape index (κ2) is 6.80. The van der Waals surface area contributed by atoms with E-state index in [9.17, 15) is 4.79 Å². The molecular weight excluding hydrogens is 310 g/mol. The van der Waals surface area contributed by atoms with Crippen molar-refractivity contribution in [1.29, 1.82) is 0 Å². The SMILES string of the molecule is CCc1ncsc1C(=O)N1CCN(CC)C(c2nccn2C)C1. The van der Waals surface area contributed by atoms with E-state index in [1.165, 1.54) is 11.3 Å². The highest BCUT2D eigenvalue weighted by Crippen LogP contribution is 2.26. The van der Waals surface area contributed by atoms with Gasteiger partial charge in [-0.15, -0.1) is 11.3 Å². The van der Waals surface area contributed by atoms with Crippen molar-refractivity contribution in [2.75, 3.05) is 26.2 Å². The van der Waals surface area contributed by atoms with Crippen molar-refractivity contribution in [3.8, 4) is 0 Å². The number of thiazole rings is 1. The molecule has 0 spiro atoms. The van der Waals surface area contributed by atoms with E-state index in [0.717, 1.165) is 42.5 Å². The minimum absolute atomic E-state index is 0.110. The van der Waals surface area contributed by atoms with Crippen LogP contribution in [0.15, 0.2) is 17.9 Å². The third-order valence-electron chi connectivity index (χ3n) is 4.51. The summed E-state index contributed by atoms with van der Waals surface area (Å²) in [5, 5.41) is 0. The maximum atomic E-state index is 12.9. The van der Waals surface area contributed by atoms with Crippen LogP contribution in [0, 0.1) is 0 Å². The molecule has 0 aliphatic carbocycles. The van der Waals surface area contributed by atoms with E-state index < -0.39 is 0 Å². The first-order valence-electron chi connectivity index (χ1n) is 8.08. The maximum Gasteiger partial charge on any atom is 0.265 e. The first kappa shape index (κ1) is 16.1. The number of carbonyl (C=O) groups is 1. The Morgan fingerprint density at radius 3 is 2.83 bits per heavy atom. The van der Waals surface area contributed by atoms with Gasteiger partial charge < -0.3 is 9.47 Å². The highest BCUT2D eigenvalue weighted by molar-refractivity contribution is 7.11. The lowest BCUT2D eigenvalue weighted by Crippen LogP contribution is -2.50. The van der Waals surface area contributed by atoms with Crippen LogP contribution < -0.4 is 0 Å². The Bertz CT molecular complexity index is 680. The molecule has 1 saturated heterocycles. The molecule has 0 N–H and O–H groups in total. The van der Waals surface area contributed by atoms with Crippen molar-refractivity contribution in [3.63, 3.8) is 0 Å². The van der Waals surface area contributed by atoms with Crippen LogP contribution in [0.25, 0.3) is 0 Å². The zero-order chi connectivity index (χ0) is 16.4. The van der Waals surface area contributed by atoms with Gasteiger partial charge in [0.05, 0.1) is 17.2 Å². The van der Waals surface area contributed by atoms with E-state index in [4.69, 9.17) is 0 Å². The molecule has 6 nitrogen and oxygen atoms in total. The fourth-order valence-corrected chi connectivity index (χ4v) is 4.01. The van der Waals surface area contributed by atoms with E-state index >= 15 is 0 Å². The molecule has 23 heavy (non-hydrogen) atoms. The van der Waals surface area contributed by atoms with Crippen molar-refractivity contribution in [2.24, 2.45) is 7.05 Å². The van der Waals surface area contributed by atoms with Crippen molar-refractivity contribution in [1.82, 2.24) is 24.3 Å². The molecule has 0 aromatic carbocycles. The number of piperazine rings is 1. The van der Waals surface area contributed by atoms with Crippen LogP contribution in [-0.2, 0) is 13.5 Å². The second-order valence-corrected chi connectivity index (χ2v) is 6.63. The smallest absolute Gasteiger partial charge is 0.265 e. The van der Waals surface area contributed by atoms with Gasteiger partial charge >= 0.3 is 0 Å². The predicted molar refractivity (Wildman–Crippen MR) is 90.6 cm³/mol. The summed E-state index contributed by atoms with van der Waals surface area (Å²) in [7, 11) is 2.01. The first-order chi connectivity index (χ1) is 11.2. The average molecular weight is 333 g/mol. The maximum absolute atomic E-state index is 12.9. The van der Waals surface area contributed by atoms with Crippen LogP contribution in [0.4, 0.5) is 0 Å². The molecule has 1 atom stereocenters. The summed E-state index contributed by atoms with van der Waals surface area (Å²) in [6.07, 6.45) is 4.58. The molecule has 1 aliphatic heterocycles. The number of amides is 1. The number of aromatic nitrogens is 3. The van der Waals surface area contributed by atoms with Gasteiger partial charge in [-0.3, -0.25) is 9.69 Å². The van der Waals surface area contributed by atoms with Gasteiger partial charge in [0, 0.05) is 39.1 Å². The lowest BCUT2D eigenvalue weighted by atomic mass is 10.1. The van der Waals surface area contributed by atoms with E-state index in [2.05, 4.69) is 21.8 Å². The first-order valence-corrected chi connectivity index (χ1v) is 8.96. The number of hydrogen-bond donors (Lipinski definition) is 0. The lowest BCUT2D eigenvalue weighted by Gasteiger charge is -2.40. The van der Waals surface area contributed by atoms with E-state index in [-0.39, 0.29) is 11.9 Å². The zero-order valence-corrected chi connectivity index (χ0v) is 14.7. The summed E-state index contributed by atoms with van der Waals surface area (Å²) in [4.78, 5) is 26.8. The average Bonchev–Trinajstić information content (AvgIpc) is 3.22. The Morgan fingerprint density at radius 1 is 1.35 bits per heavy atom. The Kier molecular flexibility index (Phi) is 4.77. The van der Waals surface area contributed by atoms with Crippen molar-refractivity contribution < 1.29 is 4.79 Å². The lowest BCUT2D eigenvalue weighted by molar-refractivity contribution is 0.0476. The number of rotatable bonds is 4. The highest BCUT2D eigenvalue weighted by atomic mass is 32.1. The van der Waals surface area contributed by atoms with Gasteiger partial charge in [-0.05, 0) is 13.0 Å². The Morgan fingerprint density at radius 2 is 2.17 bits per heavy atom. The van der Waals surface area contributed by atoms with Gasteiger partial charge in [-0.1, -0.05) is 13.8 Å². The molecule has 0 radical (unpaired) electrons. The second-order valence-electron chi connectivity index (χ2n) is 5.77. The molecule has 1 aliphatic rings. The quantitative estimate of drug-likeness (QED) is 0.858. The van der Waals surface area contributed by atoms with Gasteiger partial charge in [0.25, 0.3) is 5.91 Å². The summed E-state index contributed by atoms with van der Waals surface area (Å²) in [6.45, 7) is 7.47. The van der Waals surface area contributed by atoms with Crippen LogP contribution in [0.1, 0.15) is 41.1 Å². The molecule has 3 heterocycles. The third-order valence-corrected chi connectivity index (χ3v) is 5.37. The largest absolute Gasteiger partial charge is 0.337 e. The van der Waals surface area contributed by atoms with Crippen LogP contribution in [0.5, 0.6) is 0 Å². The molecule has 2 aromatic heterocycles. The summed E-state index contributed by atoms with van der Waals surface area (Å²) in [5.41, 5.74) is 2.68. The Hall–Kier alpha value is -1.73. The predicted octanol–water partition coefficient (Wildman–Crippen LogP) is 1.96. The Labute approximate surface area is 140 Å². The molecule has 1 amide bonds. The molecular formula is C16H23N5OS. The molecule has 124 valence electrons. The van der Waals surface area contributed by atoms with E-state index in [0.29, 0.717) is 6.54 Å². The number of nitrogens with zero attached hydrogens (tertiary/aromatic N) is 5. The van der Waals surface area contributed by atoms with Crippen LogP contribution in [0.2, 0.25) is 0 Å². The molecule has 0 bridgehead atoms. The number of carbonyl (C=O) groups excluding carboxylic acids is 1. The van der Waals surface area contributed by atoms with Crippen molar-refractivity contribution in [2.45, 2.75) is 26.3 Å². The summed E-state index contributed by atoms with van der Waals surface area (Å²) in [5.74, 6) is 1.13. The molecule has 3 rings (SSSR count). The van der Waals surface area contributed by atoms with Gasteiger partial charge in [-0.2, -0.15) is 0 Å². The normalized spacial score (nSPS) is 19.3. The topological polar surface area (TPSA) is 54.3 Å². The summed E-state index contributed by atoms with van der Waals surface area (Å²) in [6, 6.07) is 0.149. The number of hydrogen-bond acceptors (Lipinski definition) is 5. The summed E-state index contributed by atoms with van der Waals surface area (Å²) < 4.78 is 2.05. The third kappa shape index (κ3) is 3.03. The molecule has 1 fully saturated rings. The summed E-state index contributed by atoms with van der Waals surface area (Å²) >= 11 is 1.45. The van der Waals surface area contributed by atoms with Crippen molar-refractivity contribution in [3.05, 3.63) is 34.3 Å². The van der Waals surface area contributed by atoms with Crippen molar-refractivity contribution >= 4 is 17.2 Å². The molecule has 1 unspecified atom stereocenters. The van der Waals surface area contributed by atoms with Crippen LogP contribution in [-0.4, -0.2) is 56.4 Å². The van der Waals surface area contributed by atoms with Gasteiger partial charge in [0.15, 0.2) is 0 Å². The fourth-order valence-electron chi connectivity index (χ4n) is 3.17. The molecule has 2 aromatic rings. The van der Waals surface area contributed by atoms with Gasteiger partial charge in [0.1, 0.15) is 10.7 Å². The minimum Gasteiger partial charge on any atom is -0.337 e. The number of imidazole rings is 1. The number of aryl methyl sites for hydroxylation is 2. The fraction of sp³-hybridized carbons (Fsp3) is 0.562. The molecule has 0 saturated carbocycles.